The molecule has 0 bridgehead atoms. The van der Waals surface area contributed by atoms with Gasteiger partial charge in [-0.15, -0.1) is 0 Å². The molecule has 0 aliphatic heterocycles. The van der Waals surface area contributed by atoms with Crippen LogP contribution in [0, 0.1) is 0 Å². The molecule has 24 heavy (non-hydrogen) atoms. The maximum absolute atomic E-state index is 12.4. The maximum Gasteiger partial charge on any atom is 0.203 e. The van der Waals surface area contributed by atoms with Crippen LogP contribution in [0.1, 0.15) is 26.3 Å². The molecule has 0 aromatic heterocycles. The second kappa shape index (κ2) is 7.97. The number of aldehydes is 1. The van der Waals surface area contributed by atoms with Crippen molar-refractivity contribution in [1.29, 1.82) is 0 Å². The molecule has 2 aromatic rings. The van der Waals surface area contributed by atoms with Gasteiger partial charge >= 0.3 is 0 Å². The SMILES string of the molecule is COc1cc(C(=O)/C=C/c2ccccc2C=O)cc(OC)c1OC. The van der Waals surface area contributed by atoms with Crippen molar-refractivity contribution in [3.8, 4) is 17.2 Å². The molecule has 0 heterocycles. The van der Waals surface area contributed by atoms with Crippen molar-refractivity contribution < 1.29 is 23.8 Å². The van der Waals surface area contributed by atoms with Gasteiger partial charge in [-0.3, -0.25) is 9.59 Å². The largest absolute Gasteiger partial charge is 0.493 e. The van der Waals surface area contributed by atoms with E-state index >= 15 is 0 Å². The first-order valence-corrected chi connectivity index (χ1v) is 7.21. The van der Waals surface area contributed by atoms with Crippen molar-refractivity contribution in [3.63, 3.8) is 0 Å². The number of carbonyl (C=O) groups is 2. The molecule has 5 nitrogen and oxygen atoms in total. The van der Waals surface area contributed by atoms with Crippen LogP contribution in [-0.4, -0.2) is 33.4 Å². The number of rotatable bonds is 7. The van der Waals surface area contributed by atoms with Gasteiger partial charge in [-0.2, -0.15) is 0 Å². The van der Waals surface area contributed by atoms with E-state index in [9.17, 15) is 9.59 Å². The van der Waals surface area contributed by atoms with Crippen molar-refractivity contribution in [2.45, 2.75) is 0 Å². The molecule has 2 aromatic carbocycles. The van der Waals surface area contributed by atoms with Gasteiger partial charge in [0.15, 0.2) is 23.6 Å². The Hall–Kier alpha value is -3.08. The van der Waals surface area contributed by atoms with Crippen molar-refractivity contribution in [2.24, 2.45) is 0 Å². The van der Waals surface area contributed by atoms with Gasteiger partial charge in [0.2, 0.25) is 5.75 Å². The number of methoxy groups -OCH3 is 3. The average molecular weight is 326 g/mol. The molecular weight excluding hydrogens is 308 g/mol. The van der Waals surface area contributed by atoms with Gasteiger partial charge in [-0.25, -0.2) is 0 Å². The predicted molar refractivity (Wildman–Crippen MR) is 91.3 cm³/mol. The molecule has 0 atom stereocenters. The smallest absolute Gasteiger partial charge is 0.203 e. The van der Waals surface area contributed by atoms with Gasteiger partial charge in [0.1, 0.15) is 0 Å². The summed E-state index contributed by atoms with van der Waals surface area (Å²) in [6.07, 6.45) is 3.77. The van der Waals surface area contributed by atoms with Crippen LogP contribution in [-0.2, 0) is 0 Å². The van der Waals surface area contributed by atoms with Crippen molar-refractivity contribution in [1.82, 2.24) is 0 Å². The monoisotopic (exact) mass is 326 g/mol. The van der Waals surface area contributed by atoms with Gasteiger partial charge in [0.25, 0.3) is 0 Å². The standard InChI is InChI=1S/C19H18O5/c1-22-17-10-15(11-18(23-2)19(17)24-3)16(21)9-8-13-6-4-5-7-14(13)12-20/h4-12H,1-3H3/b9-8+. The third-order valence-corrected chi connectivity index (χ3v) is 3.49. The molecule has 0 aliphatic rings. The van der Waals surface area contributed by atoms with Gasteiger partial charge in [-0.05, 0) is 23.8 Å². The molecule has 0 saturated carbocycles. The molecule has 124 valence electrons. The van der Waals surface area contributed by atoms with Gasteiger partial charge in [0, 0.05) is 11.1 Å². The Morgan fingerprint density at radius 2 is 1.50 bits per heavy atom. The highest BCUT2D eigenvalue weighted by Gasteiger charge is 2.15. The minimum Gasteiger partial charge on any atom is -0.493 e. The number of hydrogen-bond donors (Lipinski definition) is 0. The van der Waals surface area contributed by atoms with E-state index in [-0.39, 0.29) is 5.78 Å². The average Bonchev–Trinajstić information content (AvgIpc) is 2.64. The van der Waals surface area contributed by atoms with Crippen molar-refractivity contribution in [2.75, 3.05) is 21.3 Å². The molecule has 0 N–H and O–H groups in total. The second-order valence-corrected chi connectivity index (χ2v) is 4.86. The first-order chi connectivity index (χ1) is 11.6. The lowest BCUT2D eigenvalue weighted by atomic mass is 10.1. The van der Waals surface area contributed by atoms with E-state index in [1.807, 2.05) is 0 Å². The fourth-order valence-electron chi connectivity index (χ4n) is 2.26. The number of benzene rings is 2. The van der Waals surface area contributed by atoms with Crippen LogP contribution in [0.4, 0.5) is 0 Å². The summed E-state index contributed by atoms with van der Waals surface area (Å²) in [6, 6.07) is 10.2. The summed E-state index contributed by atoms with van der Waals surface area (Å²) >= 11 is 0. The highest BCUT2D eigenvalue weighted by Crippen LogP contribution is 2.38. The van der Waals surface area contributed by atoms with E-state index in [4.69, 9.17) is 14.2 Å². The topological polar surface area (TPSA) is 61.8 Å². The number of ether oxygens (including phenoxy) is 3. The molecule has 0 spiro atoms. The van der Waals surface area contributed by atoms with Gasteiger partial charge < -0.3 is 14.2 Å². The Labute approximate surface area is 140 Å². The molecule has 0 unspecified atom stereocenters. The zero-order valence-electron chi connectivity index (χ0n) is 13.7. The van der Waals surface area contributed by atoms with E-state index in [1.165, 1.54) is 27.4 Å². The zero-order chi connectivity index (χ0) is 17.5. The first-order valence-electron chi connectivity index (χ1n) is 7.21. The molecule has 2 rings (SSSR count). The van der Waals surface area contributed by atoms with Crippen LogP contribution in [0.25, 0.3) is 6.08 Å². The summed E-state index contributed by atoms with van der Waals surface area (Å²) in [7, 11) is 4.47. The Balaban J connectivity index is 2.36. The van der Waals surface area contributed by atoms with Crippen LogP contribution < -0.4 is 14.2 Å². The van der Waals surface area contributed by atoms with E-state index in [0.29, 0.717) is 33.9 Å². The normalized spacial score (nSPS) is 10.5. The molecule has 5 heteroatoms. The van der Waals surface area contributed by atoms with Crippen LogP contribution in [0.2, 0.25) is 0 Å². The highest BCUT2D eigenvalue weighted by atomic mass is 16.5. The molecule has 0 fully saturated rings. The summed E-state index contributed by atoms with van der Waals surface area (Å²) < 4.78 is 15.7. The van der Waals surface area contributed by atoms with E-state index < -0.39 is 0 Å². The Bertz CT molecular complexity index is 752. The quantitative estimate of drug-likeness (QED) is 0.443. The number of ketones is 1. The minimum atomic E-state index is -0.241. The van der Waals surface area contributed by atoms with Gasteiger partial charge in [0.05, 0.1) is 21.3 Å². The predicted octanol–water partition coefficient (Wildman–Crippen LogP) is 3.42. The zero-order valence-corrected chi connectivity index (χ0v) is 13.7. The van der Waals surface area contributed by atoms with Gasteiger partial charge in [-0.1, -0.05) is 30.3 Å². The third-order valence-electron chi connectivity index (χ3n) is 3.49. The minimum absolute atomic E-state index is 0.241. The summed E-state index contributed by atoms with van der Waals surface area (Å²) in [4.78, 5) is 23.4. The van der Waals surface area contributed by atoms with E-state index in [2.05, 4.69) is 0 Å². The Kier molecular flexibility index (Phi) is 5.73. The molecule has 0 saturated heterocycles. The highest BCUT2D eigenvalue weighted by molar-refractivity contribution is 6.08. The second-order valence-electron chi connectivity index (χ2n) is 4.86. The fraction of sp³-hybridized carbons (Fsp3) is 0.158. The lowest BCUT2D eigenvalue weighted by molar-refractivity contribution is 0.104. The first kappa shape index (κ1) is 17.3. The van der Waals surface area contributed by atoms with Crippen LogP contribution in [0.3, 0.4) is 0 Å². The molecule has 0 aliphatic carbocycles. The van der Waals surface area contributed by atoms with Crippen LogP contribution >= 0.6 is 0 Å². The summed E-state index contributed by atoms with van der Waals surface area (Å²) in [5, 5.41) is 0. The Morgan fingerprint density at radius 1 is 0.917 bits per heavy atom. The van der Waals surface area contributed by atoms with Crippen molar-refractivity contribution in [3.05, 3.63) is 59.2 Å². The maximum atomic E-state index is 12.4. The summed E-state index contributed by atoms with van der Waals surface area (Å²) in [6.45, 7) is 0. The number of carbonyl (C=O) groups excluding carboxylic acids is 2. The molecule has 0 radical (unpaired) electrons. The van der Waals surface area contributed by atoms with Crippen LogP contribution in [0.5, 0.6) is 17.2 Å². The van der Waals surface area contributed by atoms with Crippen LogP contribution in [0.15, 0.2) is 42.5 Å². The fourth-order valence-corrected chi connectivity index (χ4v) is 2.26. The lowest BCUT2D eigenvalue weighted by Gasteiger charge is -2.13. The Morgan fingerprint density at radius 3 is 2.00 bits per heavy atom. The number of hydrogen-bond acceptors (Lipinski definition) is 5. The van der Waals surface area contributed by atoms with Crippen molar-refractivity contribution >= 4 is 18.1 Å². The third kappa shape index (κ3) is 3.63. The summed E-state index contributed by atoms with van der Waals surface area (Å²) in [5.74, 6) is 0.991. The molecule has 0 amide bonds. The lowest BCUT2D eigenvalue weighted by Crippen LogP contribution is -2.00. The number of allylic oxidation sites excluding steroid dienone is 1. The van der Waals surface area contributed by atoms with E-state index in [0.717, 1.165) is 6.29 Å². The molecular formula is C19H18O5. The van der Waals surface area contributed by atoms with E-state index in [1.54, 1.807) is 42.5 Å². The summed E-state index contributed by atoms with van der Waals surface area (Å²) in [5.41, 5.74) is 1.59.